The van der Waals surface area contributed by atoms with Crippen molar-refractivity contribution in [2.75, 3.05) is 17.4 Å². The third kappa shape index (κ3) is 8.25. The summed E-state index contributed by atoms with van der Waals surface area (Å²) < 4.78 is 69.0. The van der Waals surface area contributed by atoms with Gasteiger partial charge in [-0.05, 0) is 54.3 Å². The summed E-state index contributed by atoms with van der Waals surface area (Å²) in [7, 11) is -4.51. The Morgan fingerprint density at radius 1 is 0.952 bits per heavy atom. The van der Waals surface area contributed by atoms with Gasteiger partial charge in [-0.25, -0.2) is 8.42 Å². The highest BCUT2D eigenvalue weighted by atomic mass is 35.5. The molecule has 3 aromatic carbocycles. The van der Waals surface area contributed by atoms with Crippen LogP contribution >= 0.6 is 11.6 Å². The zero-order chi connectivity index (χ0) is 31.1. The van der Waals surface area contributed by atoms with Crippen LogP contribution in [0.2, 0.25) is 5.02 Å². The molecule has 0 aliphatic heterocycles. The Morgan fingerprint density at radius 2 is 1.60 bits per heavy atom. The van der Waals surface area contributed by atoms with Crippen molar-refractivity contribution in [3.8, 4) is 0 Å². The second-order valence-corrected chi connectivity index (χ2v) is 12.3. The van der Waals surface area contributed by atoms with Crippen molar-refractivity contribution in [2.24, 2.45) is 5.92 Å². The molecule has 0 saturated heterocycles. The molecule has 226 valence electrons. The van der Waals surface area contributed by atoms with E-state index in [-0.39, 0.29) is 29.5 Å². The van der Waals surface area contributed by atoms with Crippen LogP contribution in [0.15, 0.2) is 83.8 Å². The van der Waals surface area contributed by atoms with Crippen LogP contribution in [0.3, 0.4) is 0 Å². The van der Waals surface area contributed by atoms with Gasteiger partial charge in [0.25, 0.3) is 10.0 Å². The lowest BCUT2D eigenvalue weighted by Crippen LogP contribution is -2.52. The molecule has 0 saturated carbocycles. The van der Waals surface area contributed by atoms with Gasteiger partial charge in [-0.2, -0.15) is 13.2 Å². The van der Waals surface area contributed by atoms with E-state index in [2.05, 4.69) is 5.32 Å². The number of benzene rings is 3. The minimum atomic E-state index is -4.75. The largest absolute Gasteiger partial charge is 0.416 e. The molecule has 0 aromatic heterocycles. The molecule has 0 fully saturated rings. The van der Waals surface area contributed by atoms with Gasteiger partial charge in [0.05, 0.1) is 16.1 Å². The number of hydrogen-bond donors (Lipinski definition) is 1. The summed E-state index contributed by atoms with van der Waals surface area (Å²) in [6.45, 7) is 4.88. The lowest BCUT2D eigenvalue weighted by molar-refractivity contribution is -0.140. The average molecular weight is 624 g/mol. The fraction of sp³-hybridized carbons (Fsp3) is 0.333. The molecule has 1 atom stereocenters. The lowest BCUT2D eigenvalue weighted by Gasteiger charge is -2.33. The van der Waals surface area contributed by atoms with Crippen LogP contribution < -0.4 is 9.62 Å². The van der Waals surface area contributed by atoms with Crippen LogP contribution in [0.4, 0.5) is 18.9 Å². The molecule has 3 rings (SSSR count). The highest BCUT2D eigenvalue weighted by Crippen LogP contribution is 2.33. The van der Waals surface area contributed by atoms with Crippen molar-refractivity contribution in [3.05, 3.63) is 95.0 Å². The summed E-state index contributed by atoms with van der Waals surface area (Å²) in [6, 6.07) is 16.6. The molecular weight excluding hydrogens is 591 g/mol. The quantitative estimate of drug-likeness (QED) is 0.263. The number of amides is 2. The second kappa shape index (κ2) is 14.1. The third-order valence-electron chi connectivity index (χ3n) is 6.44. The molecule has 42 heavy (non-hydrogen) atoms. The summed E-state index contributed by atoms with van der Waals surface area (Å²) in [6.07, 6.45) is -4.56. The smallest absolute Gasteiger partial charge is 0.354 e. The topological polar surface area (TPSA) is 86.8 Å². The van der Waals surface area contributed by atoms with E-state index in [1.54, 1.807) is 37.3 Å². The summed E-state index contributed by atoms with van der Waals surface area (Å²) in [5.41, 5.74) is -0.913. The molecule has 0 spiro atoms. The van der Waals surface area contributed by atoms with E-state index in [4.69, 9.17) is 11.6 Å². The lowest BCUT2D eigenvalue weighted by atomic mass is 10.1. The molecule has 12 heteroatoms. The average Bonchev–Trinajstić information content (AvgIpc) is 2.95. The van der Waals surface area contributed by atoms with Crippen LogP contribution in [0.1, 0.15) is 38.3 Å². The van der Waals surface area contributed by atoms with Gasteiger partial charge >= 0.3 is 6.18 Å². The first kappa shape index (κ1) is 32.9. The van der Waals surface area contributed by atoms with Gasteiger partial charge in [0.2, 0.25) is 11.8 Å². The summed E-state index contributed by atoms with van der Waals surface area (Å²) in [5.74, 6) is -1.10. The van der Waals surface area contributed by atoms with Crippen LogP contribution in [0, 0.1) is 5.92 Å². The van der Waals surface area contributed by atoms with E-state index in [1.807, 2.05) is 13.8 Å². The number of nitrogens with zero attached hydrogens (tertiary/aromatic N) is 2. The summed E-state index contributed by atoms with van der Waals surface area (Å²) >= 11 is 6.37. The van der Waals surface area contributed by atoms with Gasteiger partial charge in [0, 0.05) is 18.1 Å². The number of hydrogen-bond acceptors (Lipinski definition) is 4. The molecule has 0 unspecified atom stereocenters. The van der Waals surface area contributed by atoms with Crippen molar-refractivity contribution in [1.82, 2.24) is 10.2 Å². The normalized spacial score (nSPS) is 12.6. The first-order valence-electron chi connectivity index (χ1n) is 13.3. The van der Waals surface area contributed by atoms with Crippen LogP contribution in [0.5, 0.6) is 0 Å². The van der Waals surface area contributed by atoms with Crippen molar-refractivity contribution in [2.45, 2.75) is 50.9 Å². The highest BCUT2D eigenvalue weighted by Gasteiger charge is 2.36. The summed E-state index contributed by atoms with van der Waals surface area (Å²) in [4.78, 5) is 28.3. The minimum absolute atomic E-state index is 0.131. The third-order valence-corrected chi connectivity index (χ3v) is 8.60. The Balaban J connectivity index is 2.11. The standard InChI is InChI=1S/C30H33ClF3N3O4S/c1-4-27(29(39)35-18-21(2)3)36(19-22-11-8-9-16-26(22)31)28(38)20-37(42(40,41)25-14-6-5-7-15-25)24-13-10-12-23(17-24)30(32,33)34/h5-17,21,27H,4,18-20H2,1-3H3,(H,35,39)/t27-/m0/s1. The molecule has 3 aromatic rings. The molecule has 1 N–H and O–H groups in total. The van der Waals surface area contributed by atoms with Crippen molar-refractivity contribution < 1.29 is 31.2 Å². The zero-order valence-corrected chi connectivity index (χ0v) is 25.0. The Hall–Kier alpha value is -3.57. The molecule has 2 amide bonds. The number of sulfonamides is 1. The van der Waals surface area contributed by atoms with E-state index in [1.165, 1.54) is 35.2 Å². The van der Waals surface area contributed by atoms with Crippen LogP contribution in [0.25, 0.3) is 0 Å². The number of rotatable bonds is 12. The predicted octanol–water partition coefficient (Wildman–Crippen LogP) is 6.13. The van der Waals surface area contributed by atoms with Gasteiger partial charge in [-0.15, -0.1) is 0 Å². The number of carbonyl (C=O) groups is 2. The zero-order valence-electron chi connectivity index (χ0n) is 23.4. The Labute approximate surface area is 249 Å². The number of alkyl halides is 3. The van der Waals surface area contributed by atoms with Gasteiger partial charge < -0.3 is 10.2 Å². The second-order valence-electron chi connectivity index (χ2n) is 10.0. The van der Waals surface area contributed by atoms with Gasteiger partial charge in [0.1, 0.15) is 12.6 Å². The molecule has 0 radical (unpaired) electrons. The van der Waals surface area contributed by atoms with E-state index in [9.17, 15) is 31.2 Å². The van der Waals surface area contributed by atoms with Crippen LogP contribution in [-0.2, 0) is 32.3 Å². The SMILES string of the molecule is CC[C@@H](C(=O)NCC(C)C)N(Cc1ccccc1Cl)C(=O)CN(c1cccc(C(F)(F)F)c1)S(=O)(=O)c1ccccc1. The number of nitrogens with one attached hydrogen (secondary N) is 1. The monoisotopic (exact) mass is 623 g/mol. The first-order valence-corrected chi connectivity index (χ1v) is 15.1. The van der Waals surface area contributed by atoms with E-state index in [0.29, 0.717) is 27.5 Å². The van der Waals surface area contributed by atoms with Crippen LogP contribution in [-0.4, -0.2) is 44.3 Å². The van der Waals surface area contributed by atoms with Gasteiger partial charge in [-0.3, -0.25) is 13.9 Å². The Kier molecular flexibility index (Phi) is 11.0. The van der Waals surface area contributed by atoms with E-state index in [0.717, 1.165) is 12.1 Å². The van der Waals surface area contributed by atoms with E-state index >= 15 is 0 Å². The number of anilines is 1. The molecule has 0 aliphatic rings. The highest BCUT2D eigenvalue weighted by molar-refractivity contribution is 7.92. The van der Waals surface area contributed by atoms with Gasteiger partial charge in [-0.1, -0.05) is 74.8 Å². The first-order chi connectivity index (χ1) is 19.8. The fourth-order valence-electron chi connectivity index (χ4n) is 4.24. The van der Waals surface area contributed by atoms with Crippen molar-refractivity contribution in [3.63, 3.8) is 0 Å². The molecule has 0 aliphatic carbocycles. The maximum Gasteiger partial charge on any atom is 0.416 e. The van der Waals surface area contributed by atoms with Crippen molar-refractivity contribution in [1.29, 1.82) is 0 Å². The summed E-state index contributed by atoms with van der Waals surface area (Å²) in [5, 5.41) is 3.14. The van der Waals surface area contributed by atoms with Gasteiger partial charge in [0.15, 0.2) is 0 Å². The molecule has 0 heterocycles. The molecule has 0 bridgehead atoms. The van der Waals surface area contributed by atoms with Crippen molar-refractivity contribution >= 4 is 39.1 Å². The molecule has 7 nitrogen and oxygen atoms in total. The maximum absolute atomic E-state index is 14.0. The molecular formula is C30H33ClF3N3O4S. The number of carbonyl (C=O) groups excluding carboxylic acids is 2. The Bertz CT molecular complexity index is 1480. The van der Waals surface area contributed by atoms with E-state index < -0.39 is 46.2 Å². The maximum atomic E-state index is 14.0. The fourth-order valence-corrected chi connectivity index (χ4v) is 5.86. The Morgan fingerprint density at radius 3 is 2.19 bits per heavy atom. The minimum Gasteiger partial charge on any atom is -0.354 e. The predicted molar refractivity (Wildman–Crippen MR) is 156 cm³/mol. The number of halogens is 4.